The molecule has 260 valence electrons. The predicted octanol–water partition coefficient (Wildman–Crippen LogP) is 5.45. The number of carbonyl (C=O) groups excluding carboxylic acids is 2. The number of pyridine rings is 1. The fourth-order valence-electron chi connectivity index (χ4n) is 6.01. The minimum atomic E-state index is -0.813. The van der Waals surface area contributed by atoms with E-state index >= 15 is 0 Å². The number of nitrogens with zero attached hydrogens (tertiary/aromatic N) is 2. The largest absolute Gasteiger partial charge is 0.387 e. The monoisotopic (exact) mass is 673 g/mol. The Kier molecular flexibility index (Phi) is 12.3. The number of hydrogen-bond donors (Lipinski definition) is 5. The highest BCUT2D eigenvalue weighted by atomic mass is 16.3. The van der Waals surface area contributed by atoms with E-state index in [4.69, 9.17) is 0 Å². The van der Waals surface area contributed by atoms with Crippen molar-refractivity contribution >= 4 is 11.8 Å². The maximum Gasteiger partial charge on any atom is 0.251 e. The summed E-state index contributed by atoms with van der Waals surface area (Å²) in [5, 5.41) is 30.6. The molecule has 5 N–H and O–H groups in total. The van der Waals surface area contributed by atoms with Crippen molar-refractivity contribution in [3.05, 3.63) is 154 Å². The van der Waals surface area contributed by atoms with E-state index in [0.717, 1.165) is 51.4 Å². The first-order valence-corrected chi connectivity index (χ1v) is 17.1. The molecule has 9 heteroatoms. The van der Waals surface area contributed by atoms with Crippen molar-refractivity contribution in [2.24, 2.45) is 0 Å². The molecule has 2 aromatic heterocycles. The van der Waals surface area contributed by atoms with Crippen LogP contribution in [0.25, 0.3) is 5.82 Å². The minimum absolute atomic E-state index is 0.0938. The summed E-state index contributed by atoms with van der Waals surface area (Å²) in [6.07, 6.45) is 1.23. The second kappa shape index (κ2) is 17.0. The standard InChI is InChI=1S/C41H47N5O4/c1-27(42-26-37(47)36-19-20-38(43-25-36)46-28(2)13-14-29(46)3)21-32-9-8-10-33(22-32)23-39(48)44-24-31-15-17-35(18-16-31)41(50)45-30(4)40(49)34-11-6-5-7-12-34/h5-20,22,25,27,30,37,40,42,47,49H,21,23-24,26H2,1-4H3,(H,44,48)(H,45,50)/t27?,30-,37+,40+/m0/s1. The molecule has 0 aliphatic rings. The van der Waals surface area contributed by atoms with Crippen molar-refractivity contribution in [1.82, 2.24) is 25.5 Å². The molecule has 0 saturated carbocycles. The Labute approximate surface area is 294 Å². The smallest absolute Gasteiger partial charge is 0.251 e. The number of carbonyl (C=O) groups is 2. The van der Waals surface area contributed by atoms with Gasteiger partial charge in [0.1, 0.15) is 5.82 Å². The fourth-order valence-corrected chi connectivity index (χ4v) is 6.01. The van der Waals surface area contributed by atoms with E-state index in [1.54, 1.807) is 25.3 Å². The van der Waals surface area contributed by atoms with Crippen molar-refractivity contribution in [3.8, 4) is 5.82 Å². The van der Waals surface area contributed by atoms with Gasteiger partial charge in [-0.05, 0) is 86.7 Å². The third-order valence-electron chi connectivity index (χ3n) is 8.89. The first-order chi connectivity index (χ1) is 24.1. The van der Waals surface area contributed by atoms with E-state index in [-0.39, 0.29) is 24.3 Å². The van der Waals surface area contributed by atoms with Crippen LogP contribution in [0, 0.1) is 13.8 Å². The lowest BCUT2D eigenvalue weighted by molar-refractivity contribution is -0.120. The van der Waals surface area contributed by atoms with Crippen molar-refractivity contribution in [3.63, 3.8) is 0 Å². The number of amides is 2. The van der Waals surface area contributed by atoms with Crippen LogP contribution >= 0.6 is 0 Å². The fraction of sp³-hybridized carbons (Fsp3) is 0.293. The highest BCUT2D eigenvalue weighted by Crippen LogP contribution is 2.19. The van der Waals surface area contributed by atoms with Crippen molar-refractivity contribution in [1.29, 1.82) is 0 Å². The maximum absolute atomic E-state index is 12.8. The van der Waals surface area contributed by atoms with Gasteiger partial charge in [0.05, 0.1) is 24.7 Å². The van der Waals surface area contributed by atoms with Crippen LogP contribution < -0.4 is 16.0 Å². The lowest BCUT2D eigenvalue weighted by Gasteiger charge is -2.20. The zero-order valence-electron chi connectivity index (χ0n) is 29.1. The summed E-state index contributed by atoms with van der Waals surface area (Å²) in [4.78, 5) is 30.1. The molecule has 0 fully saturated rings. The van der Waals surface area contributed by atoms with E-state index in [2.05, 4.69) is 44.6 Å². The molecule has 0 saturated heterocycles. The SMILES string of the molecule is Cc1ccc(C)n1-c1ccc([C@H](O)CNC(C)Cc2cccc(CC(=O)NCc3ccc(C(=O)N[C@@H](C)[C@@H](O)c4ccccc4)cc3)c2)cn1. The summed E-state index contributed by atoms with van der Waals surface area (Å²) >= 11 is 0. The van der Waals surface area contributed by atoms with Gasteiger partial charge in [0.25, 0.3) is 5.91 Å². The Morgan fingerprint density at radius 2 is 1.48 bits per heavy atom. The van der Waals surface area contributed by atoms with Crippen molar-refractivity contribution < 1.29 is 19.8 Å². The number of aliphatic hydroxyl groups excluding tert-OH is 2. The van der Waals surface area contributed by atoms with Crippen LogP contribution in [0.15, 0.2) is 109 Å². The molecule has 5 rings (SSSR count). The summed E-state index contributed by atoms with van der Waals surface area (Å²) in [7, 11) is 0. The maximum atomic E-state index is 12.8. The minimum Gasteiger partial charge on any atom is -0.387 e. The highest BCUT2D eigenvalue weighted by Gasteiger charge is 2.19. The van der Waals surface area contributed by atoms with Gasteiger partial charge >= 0.3 is 0 Å². The molecular formula is C41H47N5O4. The van der Waals surface area contributed by atoms with Gasteiger partial charge in [-0.25, -0.2) is 4.98 Å². The predicted molar refractivity (Wildman–Crippen MR) is 196 cm³/mol. The molecule has 50 heavy (non-hydrogen) atoms. The zero-order valence-corrected chi connectivity index (χ0v) is 29.1. The summed E-state index contributed by atoms with van der Waals surface area (Å²) in [6, 6.07) is 31.9. The molecule has 2 heterocycles. The average Bonchev–Trinajstić information content (AvgIpc) is 3.47. The third kappa shape index (κ3) is 9.75. The Hall–Kier alpha value is -5.09. The van der Waals surface area contributed by atoms with Gasteiger partial charge in [-0.1, -0.05) is 72.8 Å². The molecule has 3 aromatic carbocycles. The topological polar surface area (TPSA) is 129 Å². The van der Waals surface area contributed by atoms with Gasteiger partial charge in [-0.2, -0.15) is 0 Å². The van der Waals surface area contributed by atoms with Gasteiger partial charge in [0.2, 0.25) is 5.91 Å². The lowest BCUT2D eigenvalue weighted by Crippen LogP contribution is -2.37. The Bertz CT molecular complexity index is 1840. The summed E-state index contributed by atoms with van der Waals surface area (Å²) < 4.78 is 2.08. The van der Waals surface area contributed by atoms with Crippen LogP contribution in [0.4, 0.5) is 0 Å². The lowest BCUT2D eigenvalue weighted by atomic mass is 10.0. The number of benzene rings is 3. The number of aliphatic hydroxyl groups is 2. The average molecular weight is 674 g/mol. The second-order valence-electron chi connectivity index (χ2n) is 13.0. The van der Waals surface area contributed by atoms with Gasteiger partial charge in [-0.3, -0.25) is 9.59 Å². The number of aromatic nitrogens is 2. The molecule has 4 atom stereocenters. The van der Waals surface area contributed by atoms with E-state index in [0.29, 0.717) is 18.7 Å². The summed E-state index contributed by atoms with van der Waals surface area (Å²) in [6.45, 7) is 8.68. The molecule has 0 bridgehead atoms. The summed E-state index contributed by atoms with van der Waals surface area (Å²) in [5.41, 5.74) is 7.11. The van der Waals surface area contributed by atoms with Crippen LogP contribution in [0.1, 0.15) is 75.6 Å². The normalized spacial score (nSPS) is 13.6. The molecule has 9 nitrogen and oxygen atoms in total. The second-order valence-corrected chi connectivity index (χ2v) is 13.0. The Balaban J connectivity index is 1.04. The molecular weight excluding hydrogens is 626 g/mol. The van der Waals surface area contributed by atoms with Crippen LogP contribution in [0.2, 0.25) is 0 Å². The number of hydrogen-bond acceptors (Lipinski definition) is 6. The van der Waals surface area contributed by atoms with E-state index < -0.39 is 18.2 Å². The molecule has 0 spiro atoms. The highest BCUT2D eigenvalue weighted by molar-refractivity contribution is 5.94. The first-order valence-electron chi connectivity index (χ1n) is 17.1. The zero-order chi connectivity index (χ0) is 35.6. The van der Waals surface area contributed by atoms with Crippen LogP contribution in [-0.4, -0.2) is 50.2 Å². The molecule has 0 aliphatic carbocycles. The summed E-state index contributed by atoms with van der Waals surface area (Å²) in [5.74, 6) is 0.465. The van der Waals surface area contributed by atoms with E-state index in [1.165, 1.54) is 0 Å². The van der Waals surface area contributed by atoms with Crippen molar-refractivity contribution in [2.45, 2.75) is 71.4 Å². The molecule has 1 unspecified atom stereocenters. The van der Waals surface area contributed by atoms with E-state index in [9.17, 15) is 19.8 Å². The first kappa shape index (κ1) is 36.2. The van der Waals surface area contributed by atoms with Crippen molar-refractivity contribution in [2.75, 3.05) is 6.54 Å². The number of aryl methyl sites for hydroxylation is 2. The van der Waals surface area contributed by atoms with Gasteiger partial charge in [0, 0.05) is 47.8 Å². The van der Waals surface area contributed by atoms with Gasteiger partial charge in [0.15, 0.2) is 0 Å². The van der Waals surface area contributed by atoms with Gasteiger partial charge in [-0.15, -0.1) is 0 Å². The van der Waals surface area contributed by atoms with E-state index in [1.807, 2.05) is 92.7 Å². The molecule has 5 aromatic rings. The van der Waals surface area contributed by atoms with Crippen LogP contribution in [-0.2, 0) is 24.2 Å². The van der Waals surface area contributed by atoms with Crippen LogP contribution in [0.5, 0.6) is 0 Å². The Morgan fingerprint density at radius 1 is 0.780 bits per heavy atom. The van der Waals surface area contributed by atoms with Gasteiger partial charge < -0.3 is 30.7 Å². The molecule has 0 radical (unpaired) electrons. The quantitative estimate of drug-likeness (QED) is 0.101. The number of rotatable bonds is 15. The number of nitrogens with one attached hydrogen (secondary N) is 3. The molecule has 0 aliphatic heterocycles. The third-order valence-corrected chi connectivity index (χ3v) is 8.89. The molecule has 2 amide bonds. The van der Waals surface area contributed by atoms with Crippen LogP contribution in [0.3, 0.4) is 0 Å². The Morgan fingerprint density at radius 3 is 2.16 bits per heavy atom.